The third kappa shape index (κ3) is 2.63. The summed E-state index contributed by atoms with van der Waals surface area (Å²) in [5, 5.41) is 4.37. The molecule has 1 aromatic heterocycles. The van der Waals surface area contributed by atoms with Gasteiger partial charge >= 0.3 is 0 Å². The van der Waals surface area contributed by atoms with Crippen LogP contribution in [0.3, 0.4) is 0 Å². The summed E-state index contributed by atoms with van der Waals surface area (Å²) >= 11 is 0. The lowest BCUT2D eigenvalue weighted by molar-refractivity contribution is 0.263. The molecule has 0 bridgehead atoms. The van der Waals surface area contributed by atoms with Crippen LogP contribution in [-0.2, 0) is 6.54 Å². The monoisotopic (exact) mass is 269 g/mol. The Morgan fingerprint density at radius 1 is 1.20 bits per heavy atom. The van der Waals surface area contributed by atoms with E-state index in [2.05, 4.69) is 54.3 Å². The third-order valence-corrected chi connectivity index (χ3v) is 4.35. The Labute approximate surface area is 121 Å². The smallest absolute Gasteiger partial charge is 0.0568 e. The summed E-state index contributed by atoms with van der Waals surface area (Å²) in [6, 6.07) is 9.42. The second-order valence-electron chi connectivity index (χ2n) is 5.63. The van der Waals surface area contributed by atoms with E-state index < -0.39 is 0 Å². The molecule has 106 valence electrons. The molecule has 0 spiro atoms. The van der Waals surface area contributed by atoms with Gasteiger partial charge in [-0.3, -0.25) is 9.58 Å². The molecule has 1 saturated heterocycles. The summed E-state index contributed by atoms with van der Waals surface area (Å²) in [6.45, 7) is 7.82. The summed E-state index contributed by atoms with van der Waals surface area (Å²) in [4.78, 5) is 2.58. The predicted octanol–water partition coefficient (Wildman–Crippen LogP) is 3.73. The van der Waals surface area contributed by atoms with E-state index in [1.54, 1.807) is 0 Å². The molecule has 2 aromatic rings. The molecule has 1 aliphatic heterocycles. The van der Waals surface area contributed by atoms with Crippen LogP contribution in [0.5, 0.6) is 0 Å². The maximum atomic E-state index is 4.37. The van der Waals surface area contributed by atoms with Gasteiger partial charge in [-0.2, -0.15) is 5.10 Å². The number of aryl methyl sites for hydroxylation is 1. The highest BCUT2D eigenvalue weighted by Gasteiger charge is 2.19. The molecular formula is C17H23N3. The first kappa shape index (κ1) is 13.4. The second-order valence-corrected chi connectivity index (χ2v) is 5.63. The van der Waals surface area contributed by atoms with Gasteiger partial charge in [0.05, 0.1) is 6.20 Å². The Morgan fingerprint density at radius 2 is 2.00 bits per heavy atom. The number of hydrogen-bond acceptors (Lipinski definition) is 2. The zero-order valence-electron chi connectivity index (χ0n) is 12.4. The number of rotatable bonds is 4. The molecule has 1 aliphatic rings. The zero-order chi connectivity index (χ0) is 13.9. The highest BCUT2D eigenvalue weighted by atomic mass is 15.3. The van der Waals surface area contributed by atoms with E-state index in [0.29, 0.717) is 6.04 Å². The molecule has 20 heavy (non-hydrogen) atoms. The SMILES string of the molecule is CCn1cc(-c2cccc(C(C)N3CCCC3)c2)cn1. The lowest BCUT2D eigenvalue weighted by atomic mass is 10.0. The van der Waals surface area contributed by atoms with Crippen molar-refractivity contribution in [3.63, 3.8) is 0 Å². The van der Waals surface area contributed by atoms with Gasteiger partial charge in [-0.25, -0.2) is 0 Å². The summed E-state index contributed by atoms with van der Waals surface area (Å²) < 4.78 is 1.98. The van der Waals surface area contributed by atoms with E-state index in [1.807, 2.05) is 10.9 Å². The summed E-state index contributed by atoms with van der Waals surface area (Å²) in [6.07, 6.45) is 6.77. The molecule has 0 saturated carbocycles. The van der Waals surface area contributed by atoms with Crippen LogP contribution in [0.15, 0.2) is 36.7 Å². The first-order chi connectivity index (χ1) is 9.78. The molecular weight excluding hydrogens is 246 g/mol. The van der Waals surface area contributed by atoms with Crippen LogP contribution in [0.1, 0.15) is 38.3 Å². The van der Waals surface area contributed by atoms with Gasteiger partial charge in [-0.05, 0) is 57.0 Å². The molecule has 0 amide bonds. The first-order valence-corrected chi connectivity index (χ1v) is 7.65. The van der Waals surface area contributed by atoms with Crippen molar-refractivity contribution in [1.82, 2.24) is 14.7 Å². The zero-order valence-corrected chi connectivity index (χ0v) is 12.4. The lowest BCUT2D eigenvalue weighted by Crippen LogP contribution is -2.23. The van der Waals surface area contributed by atoms with E-state index in [1.165, 1.54) is 42.6 Å². The van der Waals surface area contributed by atoms with E-state index in [-0.39, 0.29) is 0 Å². The van der Waals surface area contributed by atoms with Crippen LogP contribution in [0.4, 0.5) is 0 Å². The molecule has 1 fully saturated rings. The van der Waals surface area contributed by atoms with E-state index >= 15 is 0 Å². The average Bonchev–Trinajstić information content (AvgIpc) is 3.17. The van der Waals surface area contributed by atoms with Crippen molar-refractivity contribution in [2.45, 2.75) is 39.3 Å². The quantitative estimate of drug-likeness (QED) is 0.843. The fourth-order valence-electron chi connectivity index (χ4n) is 3.00. The fraction of sp³-hybridized carbons (Fsp3) is 0.471. The Morgan fingerprint density at radius 3 is 2.70 bits per heavy atom. The largest absolute Gasteiger partial charge is 0.297 e. The van der Waals surface area contributed by atoms with E-state index in [9.17, 15) is 0 Å². The number of hydrogen-bond donors (Lipinski definition) is 0. The summed E-state index contributed by atoms with van der Waals surface area (Å²) in [7, 11) is 0. The van der Waals surface area contributed by atoms with Gasteiger partial charge in [0, 0.05) is 24.3 Å². The van der Waals surface area contributed by atoms with E-state index in [0.717, 1.165) is 6.54 Å². The maximum absolute atomic E-state index is 4.37. The van der Waals surface area contributed by atoms with Crippen molar-refractivity contribution in [3.8, 4) is 11.1 Å². The van der Waals surface area contributed by atoms with Crippen molar-refractivity contribution in [2.24, 2.45) is 0 Å². The number of nitrogens with zero attached hydrogens (tertiary/aromatic N) is 3. The molecule has 0 radical (unpaired) electrons. The standard InChI is InChI=1S/C17H23N3/c1-3-20-13-17(12-18-20)16-8-6-7-15(11-16)14(2)19-9-4-5-10-19/h6-8,11-14H,3-5,9-10H2,1-2H3. The lowest BCUT2D eigenvalue weighted by Gasteiger charge is -2.24. The van der Waals surface area contributed by atoms with Crippen molar-refractivity contribution in [1.29, 1.82) is 0 Å². The Kier molecular flexibility index (Phi) is 3.88. The van der Waals surface area contributed by atoms with E-state index in [4.69, 9.17) is 0 Å². The maximum Gasteiger partial charge on any atom is 0.0568 e. The predicted molar refractivity (Wildman–Crippen MR) is 82.6 cm³/mol. The van der Waals surface area contributed by atoms with Crippen molar-refractivity contribution in [2.75, 3.05) is 13.1 Å². The van der Waals surface area contributed by atoms with Crippen LogP contribution < -0.4 is 0 Å². The Bertz CT molecular complexity index is 567. The van der Waals surface area contributed by atoms with Crippen LogP contribution in [-0.4, -0.2) is 27.8 Å². The fourth-order valence-corrected chi connectivity index (χ4v) is 3.00. The van der Waals surface area contributed by atoms with Gasteiger partial charge in [-0.1, -0.05) is 18.2 Å². The van der Waals surface area contributed by atoms with Crippen molar-refractivity contribution < 1.29 is 0 Å². The third-order valence-electron chi connectivity index (χ3n) is 4.35. The van der Waals surface area contributed by atoms with Gasteiger partial charge in [-0.15, -0.1) is 0 Å². The molecule has 1 atom stereocenters. The number of likely N-dealkylation sites (tertiary alicyclic amines) is 1. The molecule has 3 rings (SSSR count). The van der Waals surface area contributed by atoms with Gasteiger partial charge in [0.1, 0.15) is 0 Å². The molecule has 0 N–H and O–H groups in total. The van der Waals surface area contributed by atoms with Gasteiger partial charge < -0.3 is 0 Å². The van der Waals surface area contributed by atoms with Gasteiger partial charge in [0.15, 0.2) is 0 Å². The minimum atomic E-state index is 0.513. The minimum Gasteiger partial charge on any atom is -0.297 e. The van der Waals surface area contributed by atoms with Crippen molar-refractivity contribution >= 4 is 0 Å². The van der Waals surface area contributed by atoms with Crippen LogP contribution in [0, 0.1) is 0 Å². The Balaban J connectivity index is 1.85. The summed E-state index contributed by atoms with van der Waals surface area (Å²) in [5.41, 5.74) is 3.89. The second kappa shape index (κ2) is 5.80. The molecule has 2 heterocycles. The number of benzene rings is 1. The van der Waals surface area contributed by atoms with Crippen molar-refractivity contribution in [3.05, 3.63) is 42.2 Å². The Hall–Kier alpha value is -1.61. The number of aromatic nitrogens is 2. The highest BCUT2D eigenvalue weighted by Crippen LogP contribution is 2.28. The molecule has 3 heteroatoms. The van der Waals surface area contributed by atoms with Crippen LogP contribution in [0.2, 0.25) is 0 Å². The highest BCUT2D eigenvalue weighted by molar-refractivity contribution is 5.62. The van der Waals surface area contributed by atoms with Gasteiger partial charge in [0.2, 0.25) is 0 Å². The molecule has 1 aromatic carbocycles. The van der Waals surface area contributed by atoms with Crippen LogP contribution in [0.25, 0.3) is 11.1 Å². The topological polar surface area (TPSA) is 21.1 Å². The summed E-state index contributed by atoms with van der Waals surface area (Å²) in [5.74, 6) is 0. The first-order valence-electron chi connectivity index (χ1n) is 7.65. The minimum absolute atomic E-state index is 0.513. The molecule has 1 unspecified atom stereocenters. The van der Waals surface area contributed by atoms with Gasteiger partial charge in [0.25, 0.3) is 0 Å². The average molecular weight is 269 g/mol. The normalized spacial score (nSPS) is 17.5. The molecule has 0 aliphatic carbocycles. The molecule has 3 nitrogen and oxygen atoms in total. The van der Waals surface area contributed by atoms with Crippen LogP contribution >= 0.6 is 0 Å².